The van der Waals surface area contributed by atoms with E-state index >= 15 is 0 Å². The molecule has 1 saturated carbocycles. The van der Waals surface area contributed by atoms with Crippen molar-refractivity contribution in [1.82, 2.24) is 10.2 Å². The first kappa shape index (κ1) is 15.9. The molecule has 1 N–H and O–H groups in total. The molecule has 0 saturated heterocycles. The Morgan fingerprint density at radius 2 is 2.14 bits per heavy atom. The van der Waals surface area contributed by atoms with Crippen LogP contribution in [0.1, 0.15) is 38.7 Å². The van der Waals surface area contributed by atoms with Crippen LogP contribution >= 0.6 is 0 Å². The van der Waals surface area contributed by atoms with E-state index in [1.807, 2.05) is 13.8 Å². The molecule has 3 nitrogen and oxygen atoms in total. The van der Waals surface area contributed by atoms with Crippen LogP contribution in [0, 0.1) is 11.6 Å². The molecule has 1 aliphatic rings. The summed E-state index contributed by atoms with van der Waals surface area (Å²) in [4.78, 5) is 14.1. The van der Waals surface area contributed by atoms with E-state index in [2.05, 4.69) is 5.32 Å². The second-order valence-corrected chi connectivity index (χ2v) is 5.65. The highest BCUT2D eigenvalue weighted by atomic mass is 19.1. The number of amides is 1. The number of nitrogens with one attached hydrogen (secondary N) is 1. The van der Waals surface area contributed by atoms with E-state index in [1.165, 1.54) is 12.1 Å². The molecule has 21 heavy (non-hydrogen) atoms. The van der Waals surface area contributed by atoms with Crippen LogP contribution in [0.3, 0.4) is 0 Å². The molecule has 1 atom stereocenters. The van der Waals surface area contributed by atoms with Crippen molar-refractivity contribution in [3.05, 3.63) is 35.4 Å². The third-order valence-electron chi connectivity index (χ3n) is 3.70. The van der Waals surface area contributed by atoms with Crippen molar-refractivity contribution in [2.45, 2.75) is 51.7 Å². The Morgan fingerprint density at radius 1 is 1.43 bits per heavy atom. The summed E-state index contributed by atoms with van der Waals surface area (Å²) in [5, 5.41) is 3.20. The fourth-order valence-corrected chi connectivity index (χ4v) is 2.44. The normalized spacial score (nSPS) is 15.8. The molecule has 1 aromatic rings. The second kappa shape index (κ2) is 6.98. The van der Waals surface area contributed by atoms with Crippen LogP contribution in [0.2, 0.25) is 0 Å². The van der Waals surface area contributed by atoms with Crippen molar-refractivity contribution in [2.24, 2.45) is 0 Å². The van der Waals surface area contributed by atoms with E-state index in [1.54, 1.807) is 4.90 Å². The lowest BCUT2D eigenvalue weighted by atomic mass is 10.1. The third kappa shape index (κ3) is 4.49. The maximum atomic E-state index is 13.8. The van der Waals surface area contributed by atoms with Crippen LogP contribution in [-0.2, 0) is 11.3 Å². The Kier molecular flexibility index (Phi) is 5.28. The van der Waals surface area contributed by atoms with Gasteiger partial charge >= 0.3 is 0 Å². The monoisotopic (exact) mass is 296 g/mol. The number of hydrogen-bond acceptors (Lipinski definition) is 2. The van der Waals surface area contributed by atoms with Gasteiger partial charge in [-0.3, -0.25) is 4.79 Å². The molecule has 2 rings (SSSR count). The third-order valence-corrected chi connectivity index (χ3v) is 3.70. The van der Waals surface area contributed by atoms with Crippen molar-refractivity contribution in [1.29, 1.82) is 0 Å². The fraction of sp³-hybridized carbons (Fsp3) is 0.562. The van der Waals surface area contributed by atoms with Gasteiger partial charge in [-0.1, -0.05) is 13.0 Å². The molecule has 5 heteroatoms. The lowest BCUT2D eigenvalue weighted by Gasteiger charge is -2.24. The van der Waals surface area contributed by atoms with Crippen molar-refractivity contribution in [2.75, 3.05) is 6.54 Å². The second-order valence-electron chi connectivity index (χ2n) is 5.65. The molecular formula is C16H22F2N2O. The number of benzene rings is 1. The zero-order valence-electron chi connectivity index (χ0n) is 12.5. The van der Waals surface area contributed by atoms with E-state index in [0.717, 1.165) is 25.5 Å². The topological polar surface area (TPSA) is 32.3 Å². The molecule has 0 spiro atoms. The van der Waals surface area contributed by atoms with Gasteiger partial charge in [-0.05, 0) is 32.4 Å². The smallest absolute Gasteiger partial charge is 0.224 e. The minimum atomic E-state index is -0.596. The number of carbonyl (C=O) groups is 1. The number of hydrogen-bond donors (Lipinski definition) is 1. The summed E-state index contributed by atoms with van der Waals surface area (Å²) in [7, 11) is 0. The maximum absolute atomic E-state index is 13.8. The highest BCUT2D eigenvalue weighted by Crippen LogP contribution is 2.29. The van der Waals surface area contributed by atoms with Crippen LogP contribution in [0.5, 0.6) is 0 Å². The molecule has 1 aromatic carbocycles. The summed E-state index contributed by atoms with van der Waals surface area (Å²) >= 11 is 0. The number of nitrogens with zero attached hydrogens (tertiary/aromatic N) is 1. The largest absolute Gasteiger partial charge is 0.335 e. The van der Waals surface area contributed by atoms with Gasteiger partial charge in [0.2, 0.25) is 5.91 Å². The van der Waals surface area contributed by atoms with Crippen molar-refractivity contribution >= 4 is 5.91 Å². The zero-order valence-corrected chi connectivity index (χ0v) is 12.5. The van der Waals surface area contributed by atoms with Gasteiger partial charge < -0.3 is 10.2 Å². The van der Waals surface area contributed by atoms with Gasteiger partial charge in [0.05, 0.1) is 0 Å². The number of carbonyl (C=O) groups excluding carboxylic acids is 1. The Bertz CT molecular complexity index is 503. The molecule has 0 heterocycles. The molecule has 116 valence electrons. The number of rotatable bonds is 7. The molecule has 1 amide bonds. The van der Waals surface area contributed by atoms with Crippen LogP contribution in [0.25, 0.3) is 0 Å². The maximum Gasteiger partial charge on any atom is 0.224 e. The van der Waals surface area contributed by atoms with Gasteiger partial charge in [0.15, 0.2) is 0 Å². The Morgan fingerprint density at radius 3 is 2.71 bits per heavy atom. The molecule has 1 fully saturated rings. The van der Waals surface area contributed by atoms with Gasteiger partial charge in [-0.25, -0.2) is 8.78 Å². The standard InChI is InChI=1S/C16H22F2N2O/c1-3-19-11(2)8-16(21)20(14-6-7-14)10-12-4-5-13(17)9-15(12)18/h4-5,9,11,14,19H,3,6-8,10H2,1-2H3. The average molecular weight is 296 g/mol. The SMILES string of the molecule is CCNC(C)CC(=O)N(Cc1ccc(F)cc1F)C1CC1. The van der Waals surface area contributed by atoms with Crippen molar-refractivity contribution < 1.29 is 13.6 Å². The molecule has 1 aliphatic carbocycles. The van der Waals surface area contributed by atoms with Crippen molar-refractivity contribution in [3.63, 3.8) is 0 Å². The molecule has 0 bridgehead atoms. The first-order valence-corrected chi connectivity index (χ1v) is 7.48. The van der Waals surface area contributed by atoms with E-state index in [-0.39, 0.29) is 24.5 Å². The first-order valence-electron chi connectivity index (χ1n) is 7.48. The lowest BCUT2D eigenvalue weighted by Crippen LogP contribution is -2.38. The predicted octanol–water partition coefficient (Wildman–Crippen LogP) is 2.84. The van der Waals surface area contributed by atoms with E-state index in [0.29, 0.717) is 12.0 Å². The van der Waals surface area contributed by atoms with Gasteiger partial charge in [0, 0.05) is 36.7 Å². The highest BCUT2D eigenvalue weighted by molar-refractivity contribution is 5.77. The number of halogens is 2. The molecular weight excluding hydrogens is 274 g/mol. The Labute approximate surface area is 124 Å². The summed E-state index contributed by atoms with van der Waals surface area (Å²) in [6.07, 6.45) is 2.32. The van der Waals surface area contributed by atoms with Crippen LogP contribution in [0.4, 0.5) is 8.78 Å². The molecule has 0 aromatic heterocycles. The average Bonchev–Trinajstić information content (AvgIpc) is 3.22. The van der Waals surface area contributed by atoms with Gasteiger partial charge in [0.1, 0.15) is 11.6 Å². The van der Waals surface area contributed by atoms with E-state index in [4.69, 9.17) is 0 Å². The molecule has 0 aliphatic heterocycles. The van der Waals surface area contributed by atoms with Gasteiger partial charge in [-0.2, -0.15) is 0 Å². The van der Waals surface area contributed by atoms with Crippen LogP contribution < -0.4 is 5.32 Å². The highest BCUT2D eigenvalue weighted by Gasteiger charge is 2.33. The Balaban J connectivity index is 2.03. The minimum Gasteiger partial charge on any atom is -0.335 e. The minimum absolute atomic E-state index is 0.0228. The summed E-state index contributed by atoms with van der Waals surface area (Å²) in [5.74, 6) is -1.16. The van der Waals surface area contributed by atoms with Crippen LogP contribution in [0.15, 0.2) is 18.2 Å². The van der Waals surface area contributed by atoms with Crippen molar-refractivity contribution in [3.8, 4) is 0 Å². The summed E-state index contributed by atoms with van der Waals surface area (Å²) < 4.78 is 26.7. The zero-order chi connectivity index (χ0) is 15.4. The van der Waals surface area contributed by atoms with Gasteiger partial charge in [-0.15, -0.1) is 0 Å². The Hall–Kier alpha value is -1.49. The molecule has 1 unspecified atom stereocenters. The van der Waals surface area contributed by atoms with E-state index in [9.17, 15) is 13.6 Å². The summed E-state index contributed by atoms with van der Waals surface area (Å²) in [6.45, 7) is 4.98. The lowest BCUT2D eigenvalue weighted by molar-refractivity contribution is -0.132. The van der Waals surface area contributed by atoms with E-state index < -0.39 is 11.6 Å². The van der Waals surface area contributed by atoms with Crippen LogP contribution in [-0.4, -0.2) is 29.4 Å². The van der Waals surface area contributed by atoms with Gasteiger partial charge in [0.25, 0.3) is 0 Å². The summed E-state index contributed by atoms with van der Waals surface area (Å²) in [6, 6.07) is 3.82. The molecule has 0 radical (unpaired) electrons. The fourth-order valence-electron chi connectivity index (χ4n) is 2.44. The quantitative estimate of drug-likeness (QED) is 0.839. The predicted molar refractivity (Wildman–Crippen MR) is 77.7 cm³/mol. The summed E-state index contributed by atoms with van der Waals surface area (Å²) in [5.41, 5.74) is 0.368. The first-order chi connectivity index (χ1) is 10.0.